The first kappa shape index (κ1) is 29.9. The number of likely N-dealkylation sites (N-methyl/N-ethyl adjacent to an activating group) is 1. The van der Waals surface area contributed by atoms with Crippen molar-refractivity contribution in [3.63, 3.8) is 0 Å². The summed E-state index contributed by atoms with van der Waals surface area (Å²) in [6.07, 6.45) is 3.33. The van der Waals surface area contributed by atoms with Crippen LogP contribution < -0.4 is 9.21 Å². The van der Waals surface area contributed by atoms with E-state index in [4.69, 9.17) is 0 Å². The Balaban J connectivity index is 0.00000185. The van der Waals surface area contributed by atoms with Gasteiger partial charge in [-0.1, -0.05) is 59.2 Å². The van der Waals surface area contributed by atoms with E-state index in [9.17, 15) is 4.79 Å². The summed E-state index contributed by atoms with van der Waals surface area (Å²) in [6.45, 7) is 9.26. The van der Waals surface area contributed by atoms with E-state index in [2.05, 4.69) is 104 Å². The van der Waals surface area contributed by atoms with Crippen LogP contribution >= 0.6 is 23.1 Å². The van der Waals surface area contributed by atoms with Crippen molar-refractivity contribution in [1.82, 2.24) is 9.80 Å². The molecule has 0 aliphatic carbocycles. The monoisotopic (exact) mass is 578 g/mol. The van der Waals surface area contributed by atoms with Gasteiger partial charge in [-0.25, -0.2) is 0 Å². The number of rotatable bonds is 6. The van der Waals surface area contributed by atoms with Crippen LogP contribution in [-0.2, 0) is 16.6 Å². The van der Waals surface area contributed by atoms with Crippen molar-refractivity contribution in [2.75, 3.05) is 49.0 Å². The number of nitrogens with zero attached hydrogens (tertiary/aromatic N) is 4. The fourth-order valence-electron chi connectivity index (χ4n) is 5.81. The van der Waals surface area contributed by atoms with Gasteiger partial charge in [-0.2, -0.15) is 0 Å². The van der Waals surface area contributed by atoms with E-state index < -0.39 is 5.41 Å². The maximum absolute atomic E-state index is 12.7. The largest absolute Gasteiger partial charge is 0.412 e. The predicted octanol–water partition coefficient (Wildman–Crippen LogP) is 5.10. The van der Waals surface area contributed by atoms with Gasteiger partial charge in [0.05, 0.1) is 11.1 Å². The van der Waals surface area contributed by atoms with Gasteiger partial charge in [0.15, 0.2) is 0 Å². The number of carbonyl (C=O) groups excluding carboxylic acids is 1. The summed E-state index contributed by atoms with van der Waals surface area (Å²) in [5.74, 6) is 1.48. The minimum Gasteiger partial charge on any atom is -0.412 e. The Labute approximate surface area is 246 Å². The highest BCUT2D eigenvalue weighted by atomic mass is 35.5. The SMILES string of the molecule is CN1C(=O)C(C)(C)c2cc(CCN3CCN(C4=CC=S(c5ccccc5)N4c4ccccc4)CC3)ccc21.Cl.O. The number of carbonyl (C=O) groups is 1. The highest BCUT2D eigenvalue weighted by Crippen LogP contribution is 2.43. The van der Waals surface area contributed by atoms with Crippen LogP contribution in [0.3, 0.4) is 0 Å². The van der Waals surface area contributed by atoms with Gasteiger partial charge in [-0.05, 0) is 73.2 Å². The highest BCUT2D eigenvalue weighted by Gasteiger charge is 2.42. The van der Waals surface area contributed by atoms with E-state index in [1.54, 1.807) is 4.90 Å². The van der Waals surface area contributed by atoms with Gasteiger partial charge in [0.2, 0.25) is 5.91 Å². The molecule has 0 spiro atoms. The molecule has 3 heterocycles. The molecule has 0 aromatic heterocycles. The Bertz CT molecular complexity index is 1400. The smallest absolute Gasteiger partial charge is 0.236 e. The summed E-state index contributed by atoms with van der Waals surface area (Å²) in [7, 11) is 1.76. The fourth-order valence-corrected chi connectivity index (χ4v) is 7.71. The lowest BCUT2D eigenvalue weighted by Crippen LogP contribution is -2.48. The molecule has 1 fully saturated rings. The average Bonchev–Trinajstić information content (AvgIpc) is 3.47. The summed E-state index contributed by atoms with van der Waals surface area (Å²) in [4.78, 5) is 20.9. The van der Waals surface area contributed by atoms with E-state index >= 15 is 0 Å². The molecule has 0 saturated carbocycles. The molecule has 212 valence electrons. The van der Waals surface area contributed by atoms with Crippen LogP contribution in [0.2, 0.25) is 0 Å². The van der Waals surface area contributed by atoms with Crippen molar-refractivity contribution < 1.29 is 10.3 Å². The van der Waals surface area contributed by atoms with Crippen molar-refractivity contribution in [3.05, 3.63) is 102 Å². The average molecular weight is 579 g/mol. The van der Waals surface area contributed by atoms with Crippen molar-refractivity contribution >= 4 is 45.7 Å². The second-order valence-corrected chi connectivity index (χ2v) is 12.6. The number of anilines is 2. The second kappa shape index (κ2) is 12.2. The molecule has 1 saturated heterocycles. The molecule has 2 N–H and O–H groups in total. The molecule has 3 aromatic rings. The molecule has 1 atom stereocenters. The molecular weight excluding hydrogens is 540 g/mol. The fraction of sp³-hybridized carbons (Fsp3) is 0.312. The molecule has 3 aliphatic rings. The summed E-state index contributed by atoms with van der Waals surface area (Å²) < 4.78 is 2.51. The zero-order valence-corrected chi connectivity index (χ0v) is 25.0. The number of halogens is 1. The lowest BCUT2D eigenvalue weighted by atomic mass is 9.85. The van der Waals surface area contributed by atoms with Crippen LogP contribution in [0.25, 0.3) is 0 Å². The summed E-state index contributed by atoms with van der Waals surface area (Å²) in [5.41, 5.74) is 4.33. The number of piperazine rings is 1. The summed E-state index contributed by atoms with van der Waals surface area (Å²) in [5, 5.41) is 2.36. The second-order valence-electron chi connectivity index (χ2n) is 10.8. The topological polar surface area (TPSA) is 61.5 Å². The van der Waals surface area contributed by atoms with Gasteiger partial charge < -0.3 is 15.3 Å². The zero-order valence-electron chi connectivity index (χ0n) is 23.4. The van der Waals surface area contributed by atoms with Gasteiger partial charge in [-0.3, -0.25) is 14.0 Å². The Morgan fingerprint density at radius 1 is 0.875 bits per heavy atom. The zero-order chi connectivity index (χ0) is 26.3. The maximum atomic E-state index is 12.7. The Morgan fingerprint density at radius 3 is 2.20 bits per heavy atom. The number of para-hydroxylation sites is 1. The van der Waals surface area contributed by atoms with Gasteiger partial charge >= 0.3 is 0 Å². The van der Waals surface area contributed by atoms with Crippen LogP contribution in [0.15, 0.2) is 95.7 Å². The molecular formula is C32H39ClN4O2S. The molecule has 40 heavy (non-hydrogen) atoms. The van der Waals surface area contributed by atoms with Crippen LogP contribution in [0.1, 0.15) is 25.0 Å². The third-order valence-corrected chi connectivity index (χ3v) is 10.0. The quantitative estimate of drug-likeness (QED) is 0.382. The number of hydrogen-bond donors (Lipinski definition) is 0. The van der Waals surface area contributed by atoms with E-state index in [0.29, 0.717) is 0 Å². The van der Waals surface area contributed by atoms with Crippen molar-refractivity contribution in [1.29, 1.82) is 0 Å². The molecule has 1 amide bonds. The molecule has 1 unspecified atom stereocenters. The predicted molar refractivity (Wildman–Crippen MR) is 171 cm³/mol. The Hall–Kier alpha value is -3.10. The molecule has 3 aliphatic heterocycles. The normalized spacial score (nSPS) is 19.9. The van der Waals surface area contributed by atoms with Crippen LogP contribution in [0.5, 0.6) is 0 Å². The van der Waals surface area contributed by atoms with Crippen molar-refractivity contribution in [2.24, 2.45) is 0 Å². The first-order valence-electron chi connectivity index (χ1n) is 13.5. The first-order valence-corrected chi connectivity index (χ1v) is 14.8. The van der Waals surface area contributed by atoms with Gasteiger partial charge in [0.1, 0.15) is 5.82 Å². The number of benzene rings is 3. The van der Waals surface area contributed by atoms with Crippen LogP contribution in [0, 0.1) is 0 Å². The van der Waals surface area contributed by atoms with Crippen LogP contribution in [0.4, 0.5) is 11.4 Å². The third-order valence-electron chi connectivity index (χ3n) is 8.07. The van der Waals surface area contributed by atoms with E-state index in [1.165, 1.54) is 22.0 Å². The molecule has 6 nitrogen and oxygen atoms in total. The number of fused-ring (bicyclic) bond motifs is 1. The van der Waals surface area contributed by atoms with Crippen LogP contribution in [-0.4, -0.2) is 66.3 Å². The molecule has 0 radical (unpaired) electrons. The maximum Gasteiger partial charge on any atom is 0.236 e. The standard InChI is InChI=1S/C32H36N4OS.ClH.H2O/c1-32(2)28-24-25(14-15-29(28)33(3)31(32)37)16-18-34-19-21-35(22-20-34)30-17-23-38(27-12-8-5-9-13-27)36(30)26-10-6-4-7-11-26;;/h4-15,17,23-24H,16,18-22H2,1-3H3;1H;1H2. The molecule has 3 aromatic carbocycles. The lowest BCUT2D eigenvalue weighted by Gasteiger charge is -2.40. The number of allylic oxidation sites excluding steroid dienone is 1. The van der Waals surface area contributed by atoms with Gasteiger partial charge in [0, 0.05) is 50.4 Å². The van der Waals surface area contributed by atoms with Crippen molar-refractivity contribution in [3.8, 4) is 0 Å². The molecule has 8 heteroatoms. The first-order chi connectivity index (χ1) is 18.4. The van der Waals surface area contributed by atoms with Gasteiger partial charge in [-0.15, -0.1) is 12.4 Å². The van der Waals surface area contributed by atoms with E-state index in [-0.39, 0.29) is 34.5 Å². The number of amides is 1. The lowest BCUT2D eigenvalue weighted by molar-refractivity contribution is -0.121. The highest BCUT2D eigenvalue weighted by molar-refractivity contribution is 8.16. The summed E-state index contributed by atoms with van der Waals surface area (Å²) >= 11 is 0. The van der Waals surface area contributed by atoms with Crippen molar-refractivity contribution in [2.45, 2.75) is 30.6 Å². The molecule has 6 rings (SSSR count). The summed E-state index contributed by atoms with van der Waals surface area (Å²) in [6, 6.07) is 28.2. The Morgan fingerprint density at radius 2 is 1.52 bits per heavy atom. The van der Waals surface area contributed by atoms with E-state index in [1.807, 2.05) is 20.9 Å². The van der Waals surface area contributed by atoms with Gasteiger partial charge in [0.25, 0.3) is 0 Å². The minimum absolute atomic E-state index is 0. The number of hydrogen-bond acceptors (Lipinski definition) is 4. The third kappa shape index (κ3) is 5.44. The van der Waals surface area contributed by atoms with E-state index in [0.717, 1.165) is 50.4 Å². The minimum atomic E-state index is -0.444. The Kier molecular flexibility index (Phi) is 9.10. The molecule has 0 bridgehead atoms.